The molecule has 2 heterocycles. The van der Waals surface area contributed by atoms with Crippen molar-refractivity contribution >= 4 is 19.2 Å². The van der Waals surface area contributed by atoms with Gasteiger partial charge in [0.2, 0.25) is 0 Å². The molecule has 0 aliphatic carbocycles. The molecule has 0 spiro atoms. The van der Waals surface area contributed by atoms with Crippen LogP contribution in [0.3, 0.4) is 0 Å². The number of halogens is 2. The van der Waals surface area contributed by atoms with Crippen LogP contribution in [0.4, 0.5) is 4.39 Å². The highest BCUT2D eigenvalue weighted by Crippen LogP contribution is 2.50. The van der Waals surface area contributed by atoms with E-state index in [0.717, 1.165) is 16.5 Å². The van der Waals surface area contributed by atoms with E-state index in [1.54, 1.807) is 6.92 Å². The normalized spacial score (nSPS) is 30.2. The number of aromatic nitrogens is 2. The van der Waals surface area contributed by atoms with Crippen molar-refractivity contribution in [1.82, 2.24) is 9.55 Å². The molecule has 0 aromatic carbocycles. The fourth-order valence-electron chi connectivity index (χ4n) is 2.39. The molecule has 0 amide bonds. The van der Waals surface area contributed by atoms with Gasteiger partial charge in [-0.3, -0.25) is 9.13 Å². The van der Waals surface area contributed by atoms with Crippen LogP contribution in [0.5, 0.6) is 0 Å². The van der Waals surface area contributed by atoms with E-state index in [-0.39, 0.29) is 5.88 Å². The zero-order chi connectivity index (χ0) is 18.8. The molecule has 1 saturated heterocycles. The monoisotopic (exact) mass is 396 g/mol. The Hall–Kier alpha value is -1.09. The zero-order valence-electron chi connectivity index (χ0n) is 13.8. The zero-order valence-corrected chi connectivity index (χ0v) is 15.5. The van der Waals surface area contributed by atoms with Crippen molar-refractivity contribution in [2.75, 3.05) is 20.1 Å². The van der Waals surface area contributed by atoms with Gasteiger partial charge in [-0.05, 0) is 19.1 Å². The Balaban J connectivity index is 2.40. The number of hydrogen-bond donors (Lipinski definition) is 1. The predicted octanol–water partition coefficient (Wildman–Crippen LogP) is 1.76. The number of alkyl halides is 2. The smallest absolute Gasteiger partial charge is 0.353 e. The van der Waals surface area contributed by atoms with Gasteiger partial charge in [-0.25, -0.2) is 9.18 Å². The summed E-state index contributed by atoms with van der Waals surface area (Å²) in [6.07, 6.45) is -2.66. The molecule has 1 aromatic rings. The van der Waals surface area contributed by atoms with Crippen molar-refractivity contribution in [2.45, 2.75) is 31.0 Å². The first kappa shape index (κ1) is 20.2. The molecule has 0 radical (unpaired) electrons. The molecular formula is C14H19ClFN2O6P. The molecule has 25 heavy (non-hydrogen) atoms. The summed E-state index contributed by atoms with van der Waals surface area (Å²) in [5.41, 5.74) is -1.99. The number of rotatable bonds is 6. The first-order valence-corrected chi connectivity index (χ1v) is 9.40. The Labute approximate surface area is 148 Å². The Morgan fingerprint density at radius 3 is 2.72 bits per heavy atom. The Morgan fingerprint density at radius 1 is 1.56 bits per heavy atom. The van der Waals surface area contributed by atoms with Crippen LogP contribution in [0.1, 0.15) is 11.9 Å². The lowest BCUT2D eigenvalue weighted by Crippen LogP contribution is -2.42. The van der Waals surface area contributed by atoms with Crippen LogP contribution in [0.25, 0.3) is 0 Å². The minimum atomic E-state index is -3.58. The molecule has 1 aromatic heterocycles. The van der Waals surface area contributed by atoms with E-state index >= 15 is 0 Å². The molecule has 2 rings (SSSR count). The first-order valence-electron chi connectivity index (χ1n) is 7.25. The summed E-state index contributed by atoms with van der Waals surface area (Å²) in [5, 5.41) is 10.3. The molecule has 4 unspecified atom stereocenters. The van der Waals surface area contributed by atoms with Gasteiger partial charge < -0.3 is 18.9 Å². The maximum absolute atomic E-state index is 14.6. The number of nitrogens with zero attached hydrogens (tertiary/aromatic N) is 2. The van der Waals surface area contributed by atoms with Crippen LogP contribution < -0.4 is 5.69 Å². The maximum atomic E-state index is 14.6. The molecule has 4 atom stereocenters. The largest absolute Gasteiger partial charge is 0.386 e. The molecule has 140 valence electrons. The van der Waals surface area contributed by atoms with Crippen LogP contribution in [0.15, 0.2) is 29.0 Å². The Bertz CT molecular complexity index is 751. The van der Waals surface area contributed by atoms with Crippen molar-refractivity contribution in [2.24, 2.45) is 0 Å². The summed E-state index contributed by atoms with van der Waals surface area (Å²) in [4.78, 5) is 15.7. The number of hydrogen-bond acceptors (Lipinski definition) is 7. The molecule has 1 aliphatic rings. The summed E-state index contributed by atoms with van der Waals surface area (Å²) in [6, 6.07) is 1.50. The van der Waals surface area contributed by atoms with E-state index in [4.69, 9.17) is 25.4 Å². The van der Waals surface area contributed by atoms with E-state index in [9.17, 15) is 18.9 Å². The molecular weight excluding hydrogens is 378 g/mol. The lowest BCUT2D eigenvalue weighted by molar-refractivity contribution is -0.0609. The fraction of sp³-hybridized carbons (Fsp3) is 0.571. The lowest BCUT2D eigenvalue weighted by atomic mass is 9.98. The first-order chi connectivity index (χ1) is 11.7. The van der Waals surface area contributed by atoms with Gasteiger partial charge in [0.15, 0.2) is 12.4 Å². The topological polar surface area (TPSA) is 99.9 Å². The lowest BCUT2D eigenvalue weighted by Gasteiger charge is -2.26. The third-order valence-corrected chi connectivity index (χ3v) is 5.87. The molecule has 0 saturated carbocycles. The highest BCUT2D eigenvalue weighted by Gasteiger charge is 2.54. The van der Waals surface area contributed by atoms with E-state index < -0.39 is 37.4 Å². The van der Waals surface area contributed by atoms with Gasteiger partial charge in [0.25, 0.3) is 0 Å². The van der Waals surface area contributed by atoms with Crippen molar-refractivity contribution in [1.29, 1.82) is 0 Å². The van der Waals surface area contributed by atoms with Crippen molar-refractivity contribution in [3.8, 4) is 0 Å². The third-order valence-electron chi connectivity index (χ3n) is 3.92. The second-order valence-electron chi connectivity index (χ2n) is 5.47. The van der Waals surface area contributed by atoms with Crippen LogP contribution >= 0.6 is 19.2 Å². The molecule has 1 aliphatic heterocycles. The quantitative estimate of drug-likeness (QED) is 0.577. The summed E-state index contributed by atoms with van der Waals surface area (Å²) >= 11 is 5.88. The second kappa shape index (κ2) is 7.65. The summed E-state index contributed by atoms with van der Waals surface area (Å²) in [7, 11) is -1.23. The van der Waals surface area contributed by atoms with E-state index in [1.165, 1.54) is 26.5 Å². The summed E-state index contributed by atoms with van der Waals surface area (Å²) in [5.74, 6) is 0.674. The molecule has 11 heteroatoms. The van der Waals surface area contributed by atoms with E-state index in [2.05, 4.69) is 4.98 Å². The average molecular weight is 397 g/mol. The van der Waals surface area contributed by atoms with Gasteiger partial charge in [0.1, 0.15) is 11.7 Å². The molecule has 1 fully saturated rings. The van der Waals surface area contributed by atoms with Crippen LogP contribution in [-0.2, 0) is 18.3 Å². The molecule has 0 bridgehead atoms. The van der Waals surface area contributed by atoms with Crippen molar-refractivity contribution in [3.05, 3.63) is 40.3 Å². The molecule has 1 N–H and O–H groups in total. The van der Waals surface area contributed by atoms with E-state index in [0.29, 0.717) is 5.69 Å². The van der Waals surface area contributed by atoms with Gasteiger partial charge >= 0.3 is 13.3 Å². The van der Waals surface area contributed by atoms with Crippen molar-refractivity contribution < 1.29 is 27.8 Å². The summed E-state index contributed by atoms with van der Waals surface area (Å²) < 4.78 is 42.7. The number of ether oxygens (including phenoxy) is 1. The fourth-order valence-corrected chi connectivity index (χ4v) is 3.53. The summed E-state index contributed by atoms with van der Waals surface area (Å²) in [6.45, 7) is 1.61. The second-order valence-corrected chi connectivity index (χ2v) is 7.84. The predicted molar refractivity (Wildman–Crippen MR) is 88.5 cm³/mol. The minimum Gasteiger partial charge on any atom is -0.386 e. The maximum Gasteiger partial charge on any atom is 0.353 e. The standard InChI is InChI=1S/C14H19ClFN2O6P/c1-9-4-6-18(13(20)17-9)12-10(16)11(19)14(8-15,24-12)5-7-25(21,22-2)23-3/h4-7,10-12,19H,8H2,1-3H3. The van der Waals surface area contributed by atoms with Gasteiger partial charge in [-0.2, -0.15) is 4.98 Å². The van der Waals surface area contributed by atoms with Gasteiger partial charge in [-0.1, -0.05) is 0 Å². The minimum absolute atomic E-state index is 0.358. The van der Waals surface area contributed by atoms with Gasteiger partial charge in [0.05, 0.1) is 5.88 Å². The van der Waals surface area contributed by atoms with Crippen molar-refractivity contribution in [3.63, 3.8) is 0 Å². The van der Waals surface area contributed by atoms with Gasteiger partial charge in [-0.15, -0.1) is 11.6 Å². The van der Waals surface area contributed by atoms with Crippen LogP contribution in [0, 0.1) is 6.92 Å². The van der Waals surface area contributed by atoms with Crippen LogP contribution in [0.2, 0.25) is 0 Å². The average Bonchev–Trinajstić information content (AvgIpc) is 2.85. The van der Waals surface area contributed by atoms with E-state index in [1.807, 2.05) is 0 Å². The SMILES string of the molecule is COP(=O)(C=CC1(CCl)OC(n2ccc(C)nc2=O)C(F)C1O)OC. The highest BCUT2D eigenvalue weighted by molar-refractivity contribution is 7.57. The number of aryl methyl sites for hydroxylation is 1. The highest BCUT2D eigenvalue weighted by atomic mass is 35.5. The Morgan fingerprint density at radius 2 is 2.20 bits per heavy atom. The Kier molecular flexibility index (Phi) is 6.19. The molecule has 8 nitrogen and oxygen atoms in total. The van der Waals surface area contributed by atoms with Gasteiger partial charge in [0, 0.05) is 31.9 Å². The van der Waals surface area contributed by atoms with Crippen LogP contribution in [-0.4, -0.2) is 52.6 Å². The third kappa shape index (κ3) is 3.86. The number of aliphatic hydroxyl groups is 1. The number of aliphatic hydroxyl groups excluding tert-OH is 1.